The van der Waals surface area contributed by atoms with Crippen molar-refractivity contribution in [1.82, 2.24) is 5.32 Å². The Labute approximate surface area is 53.4 Å². The molecule has 54 valence electrons. The van der Waals surface area contributed by atoms with Crippen LogP contribution < -0.4 is 5.32 Å². The van der Waals surface area contributed by atoms with E-state index >= 15 is 0 Å². The molecule has 0 bridgehead atoms. The van der Waals surface area contributed by atoms with Crippen molar-refractivity contribution in [1.29, 1.82) is 0 Å². The zero-order chi connectivity index (χ0) is 6.91. The van der Waals surface area contributed by atoms with Gasteiger partial charge in [0.1, 0.15) is 0 Å². The van der Waals surface area contributed by atoms with Crippen molar-refractivity contribution >= 4 is 0 Å². The molecule has 1 aliphatic rings. The molecule has 0 spiro atoms. The van der Waals surface area contributed by atoms with Gasteiger partial charge in [0.05, 0.1) is 6.54 Å². The number of rotatable bonds is 0. The summed E-state index contributed by atoms with van der Waals surface area (Å²) in [6.45, 7) is 1.78. The summed E-state index contributed by atoms with van der Waals surface area (Å²) in [6.07, 6.45) is 0.633. The predicted octanol–water partition coefficient (Wildman–Crippen LogP) is 1.39. The van der Waals surface area contributed by atoms with E-state index < -0.39 is 5.92 Å². The second-order valence-electron chi connectivity index (χ2n) is 2.68. The summed E-state index contributed by atoms with van der Waals surface area (Å²) in [5.74, 6) is -2.45. The molecule has 0 amide bonds. The van der Waals surface area contributed by atoms with Crippen LogP contribution in [0.2, 0.25) is 0 Å². The molecule has 0 aromatic rings. The SMILES string of the molecule is C[C@H]1CCC(F)(F)CN1. The Hall–Kier alpha value is -0.180. The van der Waals surface area contributed by atoms with Gasteiger partial charge in [-0.05, 0) is 13.3 Å². The first kappa shape index (κ1) is 6.93. The lowest BCUT2D eigenvalue weighted by Crippen LogP contribution is -2.43. The van der Waals surface area contributed by atoms with Crippen LogP contribution in [0.4, 0.5) is 8.78 Å². The lowest BCUT2D eigenvalue weighted by Gasteiger charge is -2.26. The van der Waals surface area contributed by atoms with Gasteiger partial charge in [0.25, 0.3) is 5.92 Å². The van der Waals surface area contributed by atoms with E-state index in [9.17, 15) is 8.78 Å². The molecule has 0 radical (unpaired) electrons. The molecule has 0 aliphatic carbocycles. The number of hydrogen-bond acceptors (Lipinski definition) is 1. The molecule has 0 aromatic carbocycles. The minimum Gasteiger partial charge on any atom is -0.309 e. The van der Waals surface area contributed by atoms with E-state index in [4.69, 9.17) is 0 Å². The molecular formula is C6H11F2N. The predicted molar refractivity (Wildman–Crippen MR) is 31.6 cm³/mol. The molecule has 1 nitrogen and oxygen atoms in total. The first-order valence-corrected chi connectivity index (χ1v) is 3.21. The Morgan fingerprint density at radius 2 is 2.22 bits per heavy atom. The summed E-state index contributed by atoms with van der Waals surface area (Å²) in [5.41, 5.74) is 0. The van der Waals surface area contributed by atoms with Crippen LogP contribution in [0.15, 0.2) is 0 Å². The van der Waals surface area contributed by atoms with E-state index in [-0.39, 0.29) is 19.0 Å². The lowest BCUT2D eigenvalue weighted by atomic mass is 10.0. The van der Waals surface area contributed by atoms with E-state index in [0.717, 1.165) is 0 Å². The Balaban J connectivity index is 2.35. The van der Waals surface area contributed by atoms with Gasteiger partial charge in [0, 0.05) is 12.5 Å². The third-order valence-electron chi connectivity index (χ3n) is 1.65. The maximum Gasteiger partial charge on any atom is 0.260 e. The second kappa shape index (κ2) is 2.21. The first-order valence-electron chi connectivity index (χ1n) is 3.21. The molecule has 1 aliphatic heterocycles. The summed E-state index contributed by atoms with van der Waals surface area (Å²) in [5, 5.41) is 2.72. The Morgan fingerprint density at radius 1 is 1.56 bits per heavy atom. The standard InChI is InChI=1S/C6H11F2N/c1-5-2-3-6(7,8)4-9-5/h5,9H,2-4H2,1H3/t5-/m0/s1. The van der Waals surface area contributed by atoms with E-state index in [2.05, 4.69) is 5.32 Å². The van der Waals surface area contributed by atoms with Gasteiger partial charge >= 0.3 is 0 Å². The number of nitrogens with one attached hydrogen (secondary N) is 1. The Kier molecular flexibility index (Phi) is 1.70. The van der Waals surface area contributed by atoms with E-state index in [1.807, 2.05) is 6.92 Å². The largest absolute Gasteiger partial charge is 0.309 e. The molecule has 3 heteroatoms. The van der Waals surface area contributed by atoms with Gasteiger partial charge in [-0.15, -0.1) is 0 Å². The normalized spacial score (nSPS) is 34.3. The highest BCUT2D eigenvalue weighted by molar-refractivity contribution is 4.79. The molecule has 1 atom stereocenters. The van der Waals surface area contributed by atoms with Gasteiger partial charge in [-0.1, -0.05) is 0 Å². The average molecular weight is 135 g/mol. The van der Waals surface area contributed by atoms with E-state index in [1.165, 1.54) is 0 Å². The third-order valence-corrected chi connectivity index (χ3v) is 1.65. The molecule has 1 N–H and O–H groups in total. The fourth-order valence-corrected chi connectivity index (χ4v) is 0.942. The van der Waals surface area contributed by atoms with E-state index in [1.54, 1.807) is 0 Å². The monoisotopic (exact) mass is 135 g/mol. The van der Waals surface area contributed by atoms with Crippen LogP contribution in [0, 0.1) is 0 Å². The molecule has 9 heavy (non-hydrogen) atoms. The minimum atomic E-state index is -2.45. The van der Waals surface area contributed by atoms with Gasteiger partial charge in [-0.3, -0.25) is 0 Å². The maximum absolute atomic E-state index is 12.3. The van der Waals surface area contributed by atoms with Crippen LogP contribution in [0.3, 0.4) is 0 Å². The molecular weight excluding hydrogens is 124 g/mol. The quantitative estimate of drug-likeness (QED) is 0.529. The van der Waals surface area contributed by atoms with Crippen molar-refractivity contribution in [2.75, 3.05) is 6.54 Å². The average Bonchev–Trinajstić information content (AvgIpc) is 1.78. The zero-order valence-corrected chi connectivity index (χ0v) is 5.45. The first-order chi connectivity index (χ1) is 4.10. The van der Waals surface area contributed by atoms with Crippen LogP contribution in [-0.4, -0.2) is 18.5 Å². The van der Waals surface area contributed by atoms with Crippen molar-refractivity contribution < 1.29 is 8.78 Å². The summed E-state index contributed by atoms with van der Waals surface area (Å²) < 4.78 is 24.6. The van der Waals surface area contributed by atoms with Gasteiger partial charge in [0.15, 0.2) is 0 Å². The highest BCUT2D eigenvalue weighted by Crippen LogP contribution is 2.23. The van der Waals surface area contributed by atoms with Crippen molar-refractivity contribution in [3.8, 4) is 0 Å². The van der Waals surface area contributed by atoms with Crippen LogP contribution in [0.25, 0.3) is 0 Å². The minimum absolute atomic E-state index is 0.0428. The van der Waals surface area contributed by atoms with Crippen molar-refractivity contribution in [3.05, 3.63) is 0 Å². The number of alkyl halides is 2. The molecule has 1 saturated heterocycles. The van der Waals surface area contributed by atoms with Crippen molar-refractivity contribution in [3.63, 3.8) is 0 Å². The molecule has 1 rings (SSSR count). The summed E-state index contributed by atoms with van der Waals surface area (Å²) >= 11 is 0. The topological polar surface area (TPSA) is 12.0 Å². The zero-order valence-electron chi connectivity index (χ0n) is 5.45. The van der Waals surface area contributed by atoms with Crippen LogP contribution >= 0.6 is 0 Å². The van der Waals surface area contributed by atoms with Gasteiger partial charge < -0.3 is 5.32 Å². The van der Waals surface area contributed by atoms with Crippen molar-refractivity contribution in [2.45, 2.75) is 31.7 Å². The number of hydrogen-bond donors (Lipinski definition) is 1. The van der Waals surface area contributed by atoms with Crippen LogP contribution in [0.1, 0.15) is 19.8 Å². The van der Waals surface area contributed by atoms with Gasteiger partial charge in [-0.25, -0.2) is 8.78 Å². The van der Waals surface area contributed by atoms with Crippen LogP contribution in [-0.2, 0) is 0 Å². The fraction of sp³-hybridized carbons (Fsp3) is 1.00. The summed E-state index contributed by atoms with van der Waals surface area (Å²) in [7, 11) is 0. The van der Waals surface area contributed by atoms with Crippen LogP contribution in [0.5, 0.6) is 0 Å². The smallest absolute Gasteiger partial charge is 0.260 e. The fourth-order valence-electron chi connectivity index (χ4n) is 0.942. The highest BCUT2D eigenvalue weighted by atomic mass is 19.3. The third kappa shape index (κ3) is 1.90. The lowest BCUT2D eigenvalue weighted by molar-refractivity contribution is -0.0285. The Bertz CT molecular complexity index is 93.2. The number of piperidine rings is 1. The summed E-state index contributed by atoms with van der Waals surface area (Å²) in [4.78, 5) is 0. The van der Waals surface area contributed by atoms with Gasteiger partial charge in [-0.2, -0.15) is 0 Å². The van der Waals surface area contributed by atoms with Gasteiger partial charge in [0.2, 0.25) is 0 Å². The number of halogens is 2. The highest BCUT2D eigenvalue weighted by Gasteiger charge is 2.32. The molecule has 1 heterocycles. The molecule has 0 saturated carbocycles. The van der Waals surface area contributed by atoms with Crippen molar-refractivity contribution in [2.24, 2.45) is 0 Å². The second-order valence-corrected chi connectivity index (χ2v) is 2.68. The molecule has 0 aromatic heterocycles. The Morgan fingerprint density at radius 3 is 2.56 bits per heavy atom. The molecule has 1 fully saturated rings. The molecule has 0 unspecified atom stereocenters. The van der Waals surface area contributed by atoms with E-state index in [0.29, 0.717) is 6.42 Å². The summed E-state index contributed by atoms with van der Waals surface area (Å²) in [6, 6.07) is 0.268. The maximum atomic E-state index is 12.3.